The molecule has 0 radical (unpaired) electrons. The third-order valence-corrected chi connectivity index (χ3v) is 4.69. The van der Waals surface area contributed by atoms with Crippen LogP contribution in [0.3, 0.4) is 0 Å². The van der Waals surface area contributed by atoms with Crippen LogP contribution in [0.25, 0.3) is 0 Å². The second-order valence-corrected chi connectivity index (χ2v) is 6.80. The van der Waals surface area contributed by atoms with Gasteiger partial charge in [-0.2, -0.15) is 0 Å². The molecule has 1 aromatic heterocycles. The molecule has 1 aliphatic heterocycles. The Morgan fingerprint density at radius 1 is 1.00 bits per heavy atom. The number of nitrogens with one attached hydrogen (secondary N) is 1. The van der Waals surface area contributed by atoms with E-state index in [1.165, 1.54) is 0 Å². The molecule has 0 atom stereocenters. The zero-order valence-electron chi connectivity index (χ0n) is 14.9. The standard InChI is InChI=1S/C14H19FN4O.C6H6/c15-12-8-17-14(18-9-12)16-7-10-3-5-19(6-4-10)13(20)11-1-2-11;1-2-4-6-5-3-1/h8-11H,1-7H2,(H,16,17,18);1-6H. The Hall–Kier alpha value is -2.50. The fourth-order valence-electron chi connectivity index (χ4n) is 2.97. The molecule has 1 saturated heterocycles. The zero-order valence-corrected chi connectivity index (χ0v) is 14.9. The lowest BCUT2D eigenvalue weighted by Gasteiger charge is -2.32. The molecule has 1 N–H and O–H groups in total. The second-order valence-electron chi connectivity index (χ2n) is 6.80. The number of hydrogen-bond acceptors (Lipinski definition) is 4. The molecule has 2 aromatic rings. The van der Waals surface area contributed by atoms with E-state index in [2.05, 4.69) is 15.3 Å². The molecule has 1 amide bonds. The van der Waals surface area contributed by atoms with Crippen LogP contribution in [0.5, 0.6) is 0 Å². The number of carbonyl (C=O) groups is 1. The summed E-state index contributed by atoms with van der Waals surface area (Å²) in [5.74, 6) is 1.22. The number of likely N-dealkylation sites (tertiary alicyclic amines) is 1. The summed E-state index contributed by atoms with van der Waals surface area (Å²) in [5, 5.41) is 3.13. The molecule has 26 heavy (non-hydrogen) atoms. The first kappa shape index (κ1) is 18.3. The van der Waals surface area contributed by atoms with Gasteiger partial charge in [-0.05, 0) is 31.6 Å². The minimum absolute atomic E-state index is 0.317. The van der Waals surface area contributed by atoms with Crippen LogP contribution in [0.15, 0.2) is 48.8 Å². The van der Waals surface area contributed by atoms with E-state index in [1.54, 1.807) is 0 Å². The number of halogens is 1. The van der Waals surface area contributed by atoms with Crippen LogP contribution < -0.4 is 5.32 Å². The maximum Gasteiger partial charge on any atom is 0.225 e. The van der Waals surface area contributed by atoms with Gasteiger partial charge in [0.25, 0.3) is 0 Å². The monoisotopic (exact) mass is 356 g/mol. The van der Waals surface area contributed by atoms with E-state index in [-0.39, 0.29) is 0 Å². The van der Waals surface area contributed by atoms with E-state index >= 15 is 0 Å². The van der Waals surface area contributed by atoms with Gasteiger partial charge >= 0.3 is 0 Å². The lowest BCUT2D eigenvalue weighted by molar-refractivity contribution is -0.133. The summed E-state index contributed by atoms with van der Waals surface area (Å²) in [6.45, 7) is 2.48. The van der Waals surface area contributed by atoms with Gasteiger partial charge in [-0.1, -0.05) is 36.4 Å². The molecule has 5 nitrogen and oxygen atoms in total. The first-order valence-corrected chi connectivity index (χ1v) is 9.22. The average molecular weight is 356 g/mol. The summed E-state index contributed by atoms with van der Waals surface area (Å²) in [6, 6.07) is 12.0. The second kappa shape index (κ2) is 9.27. The largest absolute Gasteiger partial charge is 0.354 e. The highest BCUT2D eigenvalue weighted by Gasteiger charge is 2.34. The highest BCUT2D eigenvalue weighted by atomic mass is 19.1. The van der Waals surface area contributed by atoms with Crippen molar-refractivity contribution in [3.63, 3.8) is 0 Å². The van der Waals surface area contributed by atoms with E-state index in [1.807, 2.05) is 41.3 Å². The number of carbonyl (C=O) groups excluding carboxylic acids is 1. The van der Waals surface area contributed by atoms with Crippen LogP contribution in [0.1, 0.15) is 25.7 Å². The lowest BCUT2D eigenvalue weighted by atomic mass is 9.96. The predicted molar refractivity (Wildman–Crippen MR) is 98.9 cm³/mol. The summed E-state index contributed by atoms with van der Waals surface area (Å²) in [4.78, 5) is 21.7. The van der Waals surface area contributed by atoms with E-state index in [4.69, 9.17) is 0 Å². The molecule has 0 spiro atoms. The van der Waals surface area contributed by atoms with E-state index in [9.17, 15) is 9.18 Å². The molecule has 4 rings (SSSR count). The van der Waals surface area contributed by atoms with Crippen molar-refractivity contribution < 1.29 is 9.18 Å². The van der Waals surface area contributed by atoms with Crippen molar-refractivity contribution in [1.29, 1.82) is 0 Å². The summed E-state index contributed by atoms with van der Waals surface area (Å²) in [7, 11) is 0. The molecular weight excluding hydrogens is 331 g/mol. The van der Waals surface area contributed by atoms with Gasteiger partial charge in [0.05, 0.1) is 12.4 Å². The third kappa shape index (κ3) is 5.79. The summed E-state index contributed by atoms with van der Waals surface area (Å²) in [6.07, 6.45) is 6.47. The lowest BCUT2D eigenvalue weighted by Crippen LogP contribution is -2.40. The fourth-order valence-corrected chi connectivity index (χ4v) is 2.97. The van der Waals surface area contributed by atoms with Gasteiger partial charge < -0.3 is 10.2 Å². The number of aromatic nitrogens is 2. The maximum absolute atomic E-state index is 12.7. The number of benzene rings is 1. The Morgan fingerprint density at radius 2 is 1.54 bits per heavy atom. The van der Waals surface area contributed by atoms with Crippen LogP contribution in [-0.4, -0.2) is 40.4 Å². The van der Waals surface area contributed by atoms with Crippen molar-refractivity contribution >= 4 is 11.9 Å². The summed E-state index contributed by atoms with van der Waals surface area (Å²) < 4.78 is 12.7. The Balaban J connectivity index is 0.000000278. The number of piperidine rings is 1. The van der Waals surface area contributed by atoms with Gasteiger partial charge in [-0.3, -0.25) is 4.79 Å². The first-order chi connectivity index (χ1) is 12.7. The number of hydrogen-bond donors (Lipinski definition) is 1. The number of amides is 1. The van der Waals surface area contributed by atoms with Gasteiger partial charge in [-0.25, -0.2) is 14.4 Å². The smallest absolute Gasteiger partial charge is 0.225 e. The van der Waals surface area contributed by atoms with E-state index in [0.717, 1.165) is 57.7 Å². The molecule has 2 aliphatic rings. The van der Waals surface area contributed by atoms with Crippen molar-refractivity contribution in [2.24, 2.45) is 11.8 Å². The molecule has 1 aromatic carbocycles. The molecule has 2 heterocycles. The van der Waals surface area contributed by atoms with Crippen LogP contribution in [0, 0.1) is 17.7 Å². The predicted octanol–water partition coefficient (Wildman–Crippen LogP) is 3.36. The highest BCUT2D eigenvalue weighted by Crippen LogP contribution is 2.32. The average Bonchev–Trinajstić information content (AvgIpc) is 3.55. The molecular formula is C20H25FN4O. The maximum atomic E-state index is 12.7. The summed E-state index contributed by atoms with van der Waals surface area (Å²) in [5.41, 5.74) is 0. The van der Waals surface area contributed by atoms with Gasteiger partial charge in [0.1, 0.15) is 0 Å². The quantitative estimate of drug-likeness (QED) is 0.913. The van der Waals surface area contributed by atoms with Gasteiger partial charge in [0.15, 0.2) is 5.82 Å². The number of rotatable bonds is 4. The number of nitrogens with zero attached hydrogens (tertiary/aromatic N) is 3. The highest BCUT2D eigenvalue weighted by molar-refractivity contribution is 5.81. The van der Waals surface area contributed by atoms with Gasteiger partial charge in [0.2, 0.25) is 11.9 Å². The van der Waals surface area contributed by atoms with Crippen molar-refractivity contribution in [3.8, 4) is 0 Å². The zero-order chi connectivity index (χ0) is 18.2. The molecule has 1 saturated carbocycles. The van der Waals surface area contributed by atoms with Crippen LogP contribution >= 0.6 is 0 Å². The van der Waals surface area contributed by atoms with E-state index < -0.39 is 5.82 Å². The van der Waals surface area contributed by atoms with Crippen molar-refractivity contribution in [2.75, 3.05) is 25.0 Å². The Morgan fingerprint density at radius 3 is 2.04 bits per heavy atom. The van der Waals surface area contributed by atoms with Gasteiger partial charge in [-0.15, -0.1) is 0 Å². The van der Waals surface area contributed by atoms with Crippen molar-refractivity contribution in [3.05, 3.63) is 54.6 Å². The molecule has 2 fully saturated rings. The van der Waals surface area contributed by atoms with Crippen LogP contribution in [0.4, 0.5) is 10.3 Å². The normalized spacial score (nSPS) is 17.2. The minimum atomic E-state index is -0.428. The van der Waals surface area contributed by atoms with E-state index in [0.29, 0.717) is 23.7 Å². The molecule has 6 heteroatoms. The van der Waals surface area contributed by atoms with Crippen molar-refractivity contribution in [2.45, 2.75) is 25.7 Å². The Labute approximate surface area is 153 Å². The molecule has 0 unspecified atom stereocenters. The summed E-state index contributed by atoms with van der Waals surface area (Å²) >= 11 is 0. The third-order valence-electron chi connectivity index (χ3n) is 4.69. The first-order valence-electron chi connectivity index (χ1n) is 9.22. The minimum Gasteiger partial charge on any atom is -0.354 e. The van der Waals surface area contributed by atoms with Gasteiger partial charge in [0, 0.05) is 25.6 Å². The Bertz CT molecular complexity index is 641. The Kier molecular flexibility index (Phi) is 6.52. The topological polar surface area (TPSA) is 58.1 Å². The number of anilines is 1. The van der Waals surface area contributed by atoms with Crippen LogP contribution in [0.2, 0.25) is 0 Å². The molecule has 1 aliphatic carbocycles. The molecule has 0 bridgehead atoms. The molecule has 138 valence electrons. The van der Waals surface area contributed by atoms with Crippen LogP contribution in [-0.2, 0) is 4.79 Å². The fraction of sp³-hybridized carbons (Fsp3) is 0.450. The SMILES string of the molecule is O=C(C1CC1)N1CCC(CNc2ncc(F)cn2)CC1.c1ccccc1. The van der Waals surface area contributed by atoms with Crippen molar-refractivity contribution in [1.82, 2.24) is 14.9 Å².